The quantitative estimate of drug-likeness (QED) is 0.379. The van der Waals surface area contributed by atoms with Crippen molar-refractivity contribution in [2.24, 2.45) is 5.92 Å². The van der Waals surface area contributed by atoms with Gasteiger partial charge in [-0.15, -0.1) is 0 Å². The molecule has 0 aliphatic carbocycles. The van der Waals surface area contributed by atoms with Crippen LogP contribution in [0.1, 0.15) is 24.4 Å². The minimum Gasteiger partial charge on any atom is -0.497 e. The third-order valence-corrected chi connectivity index (χ3v) is 5.24. The Morgan fingerprint density at radius 3 is 2.25 bits per heavy atom. The zero-order chi connectivity index (χ0) is 26.2. The standard InChI is InChI=1S/C25H28N4O7/c1-14(2)22(24(31)35-5)28-23(30)21-13-18(29-36-21)15-6-8-16(9-7-15)26-25(32)27-19-12-17(33-3)10-11-20(19)34-4/h6-14,22H,1-5H3,(H,28,30)(H2,26,27,32). The Kier molecular flexibility index (Phi) is 8.50. The number of methoxy groups -OCH3 is 3. The maximum Gasteiger partial charge on any atom is 0.328 e. The molecule has 3 rings (SSSR count). The summed E-state index contributed by atoms with van der Waals surface area (Å²) in [5.74, 6) is -0.296. The molecule has 1 unspecified atom stereocenters. The van der Waals surface area contributed by atoms with Crippen LogP contribution in [0.4, 0.5) is 16.2 Å². The molecule has 11 nitrogen and oxygen atoms in total. The van der Waals surface area contributed by atoms with Crippen molar-refractivity contribution in [3.63, 3.8) is 0 Å². The van der Waals surface area contributed by atoms with Gasteiger partial charge in [-0.25, -0.2) is 9.59 Å². The van der Waals surface area contributed by atoms with Gasteiger partial charge in [-0.2, -0.15) is 0 Å². The van der Waals surface area contributed by atoms with Crippen LogP contribution in [-0.2, 0) is 9.53 Å². The number of urea groups is 1. The number of anilines is 2. The van der Waals surface area contributed by atoms with Gasteiger partial charge in [0.05, 0.1) is 27.0 Å². The van der Waals surface area contributed by atoms with E-state index >= 15 is 0 Å². The molecule has 0 saturated heterocycles. The van der Waals surface area contributed by atoms with E-state index in [1.807, 2.05) is 0 Å². The molecule has 3 amide bonds. The summed E-state index contributed by atoms with van der Waals surface area (Å²) in [4.78, 5) is 36.9. The molecular formula is C25H28N4O7. The average molecular weight is 497 g/mol. The maximum absolute atomic E-state index is 12.5. The van der Waals surface area contributed by atoms with E-state index in [9.17, 15) is 14.4 Å². The van der Waals surface area contributed by atoms with E-state index in [2.05, 4.69) is 21.1 Å². The van der Waals surface area contributed by atoms with Gasteiger partial charge in [0.2, 0.25) is 5.76 Å². The van der Waals surface area contributed by atoms with Gasteiger partial charge < -0.3 is 34.7 Å². The Hall–Kier alpha value is -4.54. The van der Waals surface area contributed by atoms with Crippen LogP contribution in [-0.4, -0.2) is 50.4 Å². The van der Waals surface area contributed by atoms with Crippen LogP contribution in [0.25, 0.3) is 11.3 Å². The first-order valence-corrected chi connectivity index (χ1v) is 11.0. The lowest BCUT2D eigenvalue weighted by atomic mass is 10.0. The number of nitrogens with zero attached hydrogens (tertiary/aromatic N) is 1. The highest BCUT2D eigenvalue weighted by atomic mass is 16.5. The van der Waals surface area contributed by atoms with Gasteiger partial charge in [0.1, 0.15) is 23.2 Å². The van der Waals surface area contributed by atoms with E-state index in [-0.39, 0.29) is 11.7 Å². The predicted octanol–water partition coefficient (Wildman–Crippen LogP) is 3.93. The molecule has 190 valence electrons. The zero-order valence-corrected chi connectivity index (χ0v) is 20.6. The van der Waals surface area contributed by atoms with Crippen molar-refractivity contribution < 1.29 is 33.1 Å². The monoisotopic (exact) mass is 496 g/mol. The summed E-state index contributed by atoms with van der Waals surface area (Å²) in [6.45, 7) is 3.58. The summed E-state index contributed by atoms with van der Waals surface area (Å²) < 4.78 is 20.3. The molecule has 3 N–H and O–H groups in total. The summed E-state index contributed by atoms with van der Waals surface area (Å²) >= 11 is 0. The summed E-state index contributed by atoms with van der Waals surface area (Å²) in [6, 6.07) is 12.0. The van der Waals surface area contributed by atoms with Crippen molar-refractivity contribution in [1.82, 2.24) is 10.5 Å². The van der Waals surface area contributed by atoms with Crippen LogP contribution in [0.15, 0.2) is 53.1 Å². The van der Waals surface area contributed by atoms with Crippen molar-refractivity contribution in [2.45, 2.75) is 19.9 Å². The number of ether oxygens (including phenoxy) is 3. The number of hydrogen-bond acceptors (Lipinski definition) is 8. The minimum absolute atomic E-state index is 0.0478. The largest absolute Gasteiger partial charge is 0.497 e. The van der Waals surface area contributed by atoms with Gasteiger partial charge in [0.15, 0.2) is 0 Å². The van der Waals surface area contributed by atoms with Gasteiger partial charge in [-0.3, -0.25) is 4.79 Å². The molecule has 0 fully saturated rings. The SMILES string of the molecule is COC(=O)C(NC(=O)c1cc(-c2ccc(NC(=O)Nc3cc(OC)ccc3OC)cc2)no1)C(C)C. The summed E-state index contributed by atoms with van der Waals surface area (Å²) in [6.07, 6.45) is 0. The number of carbonyl (C=O) groups is 3. The molecule has 11 heteroatoms. The molecule has 1 heterocycles. The van der Waals surface area contributed by atoms with Crippen LogP contribution in [0.3, 0.4) is 0 Å². The zero-order valence-electron chi connectivity index (χ0n) is 20.6. The summed E-state index contributed by atoms with van der Waals surface area (Å²) in [7, 11) is 4.29. The summed E-state index contributed by atoms with van der Waals surface area (Å²) in [5, 5.41) is 12.0. The lowest BCUT2D eigenvalue weighted by molar-refractivity contribution is -0.144. The molecule has 0 saturated carbocycles. The van der Waals surface area contributed by atoms with Gasteiger partial charge >= 0.3 is 12.0 Å². The fourth-order valence-electron chi connectivity index (χ4n) is 3.28. The Balaban J connectivity index is 1.65. The minimum atomic E-state index is -0.815. The first-order valence-electron chi connectivity index (χ1n) is 11.0. The number of nitrogens with one attached hydrogen (secondary N) is 3. The average Bonchev–Trinajstić information content (AvgIpc) is 3.37. The molecule has 0 aliphatic rings. The van der Waals surface area contributed by atoms with E-state index in [0.29, 0.717) is 34.1 Å². The molecule has 0 aliphatic heterocycles. The van der Waals surface area contributed by atoms with Crippen LogP contribution in [0, 0.1) is 5.92 Å². The number of hydrogen-bond donors (Lipinski definition) is 3. The number of esters is 1. The van der Waals surface area contributed by atoms with Gasteiger partial charge in [-0.1, -0.05) is 31.1 Å². The van der Waals surface area contributed by atoms with Gasteiger partial charge in [0, 0.05) is 23.4 Å². The highest BCUT2D eigenvalue weighted by Gasteiger charge is 2.27. The molecule has 36 heavy (non-hydrogen) atoms. The Labute approximate surface area is 208 Å². The van der Waals surface area contributed by atoms with Gasteiger partial charge in [0.25, 0.3) is 5.91 Å². The molecule has 0 bridgehead atoms. The third-order valence-electron chi connectivity index (χ3n) is 5.24. The summed E-state index contributed by atoms with van der Waals surface area (Å²) in [5.41, 5.74) is 2.05. The number of rotatable bonds is 9. The number of aromatic nitrogens is 1. The van der Waals surface area contributed by atoms with Crippen molar-refractivity contribution in [3.05, 3.63) is 54.3 Å². The molecule has 3 aromatic rings. The van der Waals surface area contributed by atoms with Crippen LogP contribution in [0.5, 0.6) is 11.5 Å². The predicted molar refractivity (Wildman–Crippen MR) is 132 cm³/mol. The van der Waals surface area contributed by atoms with Crippen LogP contribution in [0.2, 0.25) is 0 Å². The second-order valence-electron chi connectivity index (χ2n) is 8.02. The fourth-order valence-corrected chi connectivity index (χ4v) is 3.28. The number of amides is 3. The molecule has 0 spiro atoms. The van der Waals surface area contributed by atoms with E-state index in [1.165, 1.54) is 27.4 Å². The highest BCUT2D eigenvalue weighted by molar-refractivity contribution is 6.01. The maximum atomic E-state index is 12.5. The molecule has 0 radical (unpaired) electrons. The second-order valence-corrected chi connectivity index (χ2v) is 8.02. The van der Waals surface area contributed by atoms with Crippen molar-refractivity contribution >= 4 is 29.3 Å². The van der Waals surface area contributed by atoms with E-state index < -0.39 is 23.9 Å². The van der Waals surface area contributed by atoms with Crippen LogP contribution >= 0.6 is 0 Å². The normalized spacial score (nSPS) is 11.4. The third kappa shape index (κ3) is 6.32. The lowest BCUT2D eigenvalue weighted by Gasteiger charge is -2.18. The van der Waals surface area contributed by atoms with Crippen LogP contribution < -0.4 is 25.4 Å². The van der Waals surface area contributed by atoms with Crippen molar-refractivity contribution in [3.8, 4) is 22.8 Å². The first kappa shape index (κ1) is 26.1. The van der Waals surface area contributed by atoms with Gasteiger partial charge in [-0.05, 0) is 30.2 Å². The molecule has 2 aromatic carbocycles. The van der Waals surface area contributed by atoms with E-state index in [0.717, 1.165) is 0 Å². The first-order chi connectivity index (χ1) is 17.2. The Morgan fingerprint density at radius 1 is 0.917 bits per heavy atom. The molecule has 1 atom stereocenters. The molecular weight excluding hydrogens is 468 g/mol. The van der Waals surface area contributed by atoms with E-state index in [1.54, 1.807) is 56.3 Å². The van der Waals surface area contributed by atoms with E-state index in [4.69, 9.17) is 18.7 Å². The Morgan fingerprint density at radius 2 is 1.64 bits per heavy atom. The highest BCUT2D eigenvalue weighted by Crippen LogP contribution is 2.29. The number of benzene rings is 2. The molecule has 1 aromatic heterocycles. The number of carbonyl (C=O) groups excluding carboxylic acids is 3. The van der Waals surface area contributed by atoms with Crippen molar-refractivity contribution in [2.75, 3.05) is 32.0 Å². The van der Waals surface area contributed by atoms with Crippen molar-refractivity contribution in [1.29, 1.82) is 0 Å². The Bertz CT molecular complexity index is 1220. The lowest BCUT2D eigenvalue weighted by Crippen LogP contribution is -2.44. The second kappa shape index (κ2) is 11.7. The smallest absolute Gasteiger partial charge is 0.328 e. The topological polar surface area (TPSA) is 141 Å². The fraction of sp³-hybridized carbons (Fsp3) is 0.280.